The van der Waals surface area contributed by atoms with Gasteiger partial charge in [0.15, 0.2) is 5.78 Å². The lowest BCUT2D eigenvalue weighted by Crippen LogP contribution is -2.13. The Bertz CT molecular complexity index is 422. The fourth-order valence-corrected chi connectivity index (χ4v) is 1.64. The lowest BCUT2D eigenvalue weighted by Gasteiger charge is -2.15. The fourth-order valence-electron chi connectivity index (χ4n) is 1.64. The second-order valence-corrected chi connectivity index (χ2v) is 4.01. The molecule has 5 nitrogen and oxygen atoms in total. The predicted octanol–water partition coefficient (Wildman–Crippen LogP) is 1.99. The molecular weight excluding hydrogens is 222 g/mol. The fraction of sp³-hybridized carbons (Fsp3) is 0.500. The van der Waals surface area contributed by atoms with Gasteiger partial charge in [-0.3, -0.25) is 4.79 Å². The standard InChI is InChI=1S/C12H17NO4/c1-8(4-5-17-3)13-7-10(9(2)14)6-11(13)12(15)16/h6-8H,4-5H2,1-3H3,(H,15,16). The maximum absolute atomic E-state index is 11.2. The van der Waals surface area contributed by atoms with Crippen LogP contribution in [0.3, 0.4) is 0 Å². The zero-order valence-corrected chi connectivity index (χ0v) is 10.3. The largest absolute Gasteiger partial charge is 0.477 e. The van der Waals surface area contributed by atoms with E-state index in [-0.39, 0.29) is 17.5 Å². The average molecular weight is 239 g/mol. The minimum absolute atomic E-state index is 0.0193. The van der Waals surface area contributed by atoms with Gasteiger partial charge >= 0.3 is 5.97 Å². The monoisotopic (exact) mass is 239 g/mol. The van der Waals surface area contributed by atoms with Crippen molar-refractivity contribution in [1.82, 2.24) is 4.57 Å². The molecule has 1 atom stereocenters. The number of ketones is 1. The van der Waals surface area contributed by atoms with E-state index in [0.717, 1.165) is 0 Å². The summed E-state index contributed by atoms with van der Waals surface area (Å²) in [6.07, 6.45) is 2.29. The maximum atomic E-state index is 11.2. The molecule has 94 valence electrons. The van der Waals surface area contributed by atoms with Crippen LogP contribution < -0.4 is 0 Å². The smallest absolute Gasteiger partial charge is 0.352 e. The van der Waals surface area contributed by atoms with E-state index in [4.69, 9.17) is 9.84 Å². The highest BCUT2D eigenvalue weighted by atomic mass is 16.5. The van der Waals surface area contributed by atoms with Crippen molar-refractivity contribution in [3.63, 3.8) is 0 Å². The zero-order chi connectivity index (χ0) is 13.0. The summed E-state index contributed by atoms with van der Waals surface area (Å²) in [6.45, 7) is 3.87. The first kappa shape index (κ1) is 13.4. The van der Waals surface area contributed by atoms with E-state index in [9.17, 15) is 9.59 Å². The molecule has 0 aliphatic heterocycles. The van der Waals surface area contributed by atoms with Gasteiger partial charge in [-0.25, -0.2) is 4.79 Å². The molecule has 0 amide bonds. The van der Waals surface area contributed by atoms with Gasteiger partial charge in [-0.2, -0.15) is 0 Å². The van der Waals surface area contributed by atoms with Crippen molar-refractivity contribution in [3.05, 3.63) is 23.5 Å². The van der Waals surface area contributed by atoms with Gasteiger partial charge in [0.2, 0.25) is 0 Å². The number of carboxylic acids is 1. The number of carboxylic acid groups (broad SMARTS) is 1. The first-order valence-electron chi connectivity index (χ1n) is 5.42. The molecule has 0 radical (unpaired) electrons. The Morgan fingerprint density at radius 3 is 2.65 bits per heavy atom. The van der Waals surface area contributed by atoms with Gasteiger partial charge in [-0.1, -0.05) is 0 Å². The van der Waals surface area contributed by atoms with Crippen LogP contribution in [0.4, 0.5) is 0 Å². The molecule has 5 heteroatoms. The van der Waals surface area contributed by atoms with Crippen LogP contribution in [0.2, 0.25) is 0 Å². The van der Waals surface area contributed by atoms with Gasteiger partial charge in [0.05, 0.1) is 0 Å². The van der Waals surface area contributed by atoms with Crippen molar-refractivity contribution in [2.24, 2.45) is 0 Å². The number of carbonyl (C=O) groups excluding carboxylic acids is 1. The van der Waals surface area contributed by atoms with Crippen LogP contribution in [0.1, 0.15) is 47.2 Å². The third-order valence-corrected chi connectivity index (χ3v) is 2.69. The van der Waals surface area contributed by atoms with Gasteiger partial charge in [-0.15, -0.1) is 0 Å². The molecule has 1 heterocycles. The maximum Gasteiger partial charge on any atom is 0.352 e. The molecule has 0 aromatic carbocycles. The van der Waals surface area contributed by atoms with Crippen LogP contribution >= 0.6 is 0 Å². The van der Waals surface area contributed by atoms with E-state index < -0.39 is 5.97 Å². The lowest BCUT2D eigenvalue weighted by molar-refractivity contribution is 0.0681. The molecule has 0 saturated carbocycles. The third-order valence-electron chi connectivity index (χ3n) is 2.69. The summed E-state index contributed by atoms with van der Waals surface area (Å²) in [5.41, 5.74) is 0.561. The summed E-state index contributed by atoms with van der Waals surface area (Å²) in [5.74, 6) is -1.16. The molecule has 0 spiro atoms. The van der Waals surface area contributed by atoms with Crippen LogP contribution in [-0.4, -0.2) is 35.1 Å². The van der Waals surface area contributed by atoms with E-state index in [1.165, 1.54) is 13.0 Å². The van der Waals surface area contributed by atoms with Crippen LogP contribution in [0.5, 0.6) is 0 Å². The van der Waals surface area contributed by atoms with E-state index in [0.29, 0.717) is 18.6 Å². The predicted molar refractivity (Wildman–Crippen MR) is 62.6 cm³/mol. The number of aromatic nitrogens is 1. The normalized spacial score (nSPS) is 12.4. The molecule has 0 bridgehead atoms. The van der Waals surface area contributed by atoms with E-state index in [1.807, 2.05) is 6.92 Å². The Morgan fingerprint density at radius 2 is 2.18 bits per heavy atom. The van der Waals surface area contributed by atoms with Crippen molar-refractivity contribution in [2.45, 2.75) is 26.3 Å². The van der Waals surface area contributed by atoms with Crippen LogP contribution in [-0.2, 0) is 4.74 Å². The van der Waals surface area contributed by atoms with Crippen LogP contribution in [0, 0.1) is 0 Å². The van der Waals surface area contributed by atoms with Crippen molar-refractivity contribution in [3.8, 4) is 0 Å². The molecule has 17 heavy (non-hydrogen) atoms. The third kappa shape index (κ3) is 3.17. The molecule has 0 aliphatic carbocycles. The van der Waals surface area contributed by atoms with Crippen molar-refractivity contribution < 1.29 is 19.4 Å². The summed E-state index contributed by atoms with van der Waals surface area (Å²) in [7, 11) is 1.60. The first-order valence-corrected chi connectivity index (χ1v) is 5.42. The molecule has 1 unspecified atom stereocenters. The Morgan fingerprint density at radius 1 is 1.53 bits per heavy atom. The van der Waals surface area contributed by atoms with Gasteiger partial charge in [-0.05, 0) is 26.3 Å². The number of ether oxygens (including phenoxy) is 1. The molecule has 1 rings (SSSR count). The molecule has 1 N–H and O–H groups in total. The highest BCUT2D eigenvalue weighted by molar-refractivity contribution is 5.97. The average Bonchev–Trinajstić information content (AvgIpc) is 2.70. The van der Waals surface area contributed by atoms with Gasteiger partial charge < -0.3 is 14.4 Å². The topological polar surface area (TPSA) is 68.5 Å². The Labute approximate surface area is 100 Å². The van der Waals surface area contributed by atoms with E-state index in [1.54, 1.807) is 17.9 Å². The molecule has 0 fully saturated rings. The quantitative estimate of drug-likeness (QED) is 0.771. The number of methoxy groups -OCH3 is 1. The van der Waals surface area contributed by atoms with Crippen LogP contribution in [0.25, 0.3) is 0 Å². The molecule has 0 aliphatic rings. The summed E-state index contributed by atoms with van der Waals surface area (Å²) < 4.78 is 6.57. The highest BCUT2D eigenvalue weighted by Gasteiger charge is 2.18. The summed E-state index contributed by atoms with van der Waals surface area (Å²) >= 11 is 0. The Hall–Kier alpha value is -1.62. The second-order valence-electron chi connectivity index (χ2n) is 4.01. The summed E-state index contributed by atoms with van der Waals surface area (Å²) in [6, 6.07) is 1.39. The lowest BCUT2D eigenvalue weighted by atomic mass is 10.2. The minimum atomic E-state index is -1.03. The summed E-state index contributed by atoms with van der Waals surface area (Å²) in [4.78, 5) is 22.3. The van der Waals surface area contributed by atoms with E-state index >= 15 is 0 Å². The highest BCUT2D eigenvalue weighted by Crippen LogP contribution is 2.18. The van der Waals surface area contributed by atoms with E-state index in [2.05, 4.69) is 0 Å². The Balaban J connectivity index is 3.03. The Kier molecular flexibility index (Phi) is 4.45. The molecule has 0 saturated heterocycles. The van der Waals surface area contributed by atoms with Crippen molar-refractivity contribution in [1.29, 1.82) is 0 Å². The van der Waals surface area contributed by atoms with Gasteiger partial charge in [0.1, 0.15) is 5.69 Å². The minimum Gasteiger partial charge on any atom is -0.477 e. The zero-order valence-electron chi connectivity index (χ0n) is 10.3. The number of hydrogen-bond acceptors (Lipinski definition) is 3. The molecule has 1 aromatic rings. The number of Topliss-reactive ketones (excluding diaryl/α,β-unsaturated/α-hetero) is 1. The number of nitrogens with zero attached hydrogens (tertiary/aromatic N) is 1. The van der Waals surface area contributed by atoms with Crippen LogP contribution in [0.15, 0.2) is 12.3 Å². The molecular formula is C12H17NO4. The molecule has 1 aromatic heterocycles. The number of rotatable bonds is 6. The second kappa shape index (κ2) is 5.63. The van der Waals surface area contributed by atoms with Crippen molar-refractivity contribution >= 4 is 11.8 Å². The van der Waals surface area contributed by atoms with Gasteiger partial charge in [0.25, 0.3) is 0 Å². The SMILES string of the molecule is COCCC(C)n1cc(C(C)=O)cc1C(=O)O. The number of carbonyl (C=O) groups is 2. The van der Waals surface area contributed by atoms with Crippen molar-refractivity contribution in [2.75, 3.05) is 13.7 Å². The number of hydrogen-bond donors (Lipinski definition) is 1. The van der Waals surface area contributed by atoms with Gasteiger partial charge in [0, 0.05) is 31.5 Å². The number of aromatic carboxylic acids is 1. The summed E-state index contributed by atoms with van der Waals surface area (Å²) in [5, 5.41) is 9.07. The first-order chi connectivity index (χ1) is 7.97.